The Kier molecular flexibility index (Phi) is 5.71. The molecule has 3 aromatic carbocycles. The Morgan fingerprint density at radius 1 is 0.903 bits per heavy atom. The van der Waals surface area contributed by atoms with E-state index in [0.29, 0.717) is 10.6 Å². The monoisotopic (exact) mass is 478 g/mol. The maximum absolute atomic E-state index is 15.1. The number of carbonyl (C=O) groups is 1. The highest BCUT2D eigenvalue weighted by atomic mass is 35.5. The normalized spacial score (nSPS) is 11.0. The topological polar surface area (TPSA) is 55.1 Å². The molecule has 156 valence electrons. The molecule has 0 radical (unpaired) electrons. The van der Waals surface area contributed by atoms with Gasteiger partial charge in [0.2, 0.25) is 0 Å². The van der Waals surface area contributed by atoms with Crippen LogP contribution in [0.2, 0.25) is 15.1 Å². The summed E-state index contributed by atoms with van der Waals surface area (Å²) in [6.45, 7) is 0. The zero-order chi connectivity index (χ0) is 22.3. The summed E-state index contributed by atoms with van der Waals surface area (Å²) in [7, 11) is 0. The van der Waals surface area contributed by atoms with Gasteiger partial charge in [-0.25, -0.2) is 18.6 Å². The predicted octanol–water partition coefficient (Wildman–Crippen LogP) is 7.14. The fourth-order valence-corrected chi connectivity index (χ4v) is 3.74. The van der Waals surface area contributed by atoms with E-state index >= 15 is 4.39 Å². The fraction of sp³-hybridized carbons (Fsp3) is 0. The molecule has 0 aliphatic rings. The molecular formula is C22H11Cl3F2N2O2. The summed E-state index contributed by atoms with van der Waals surface area (Å²) in [5.74, 6) is -2.72. The van der Waals surface area contributed by atoms with Gasteiger partial charge in [0.05, 0.1) is 21.4 Å². The van der Waals surface area contributed by atoms with E-state index in [0.717, 1.165) is 6.07 Å². The van der Waals surface area contributed by atoms with Crippen LogP contribution in [0.1, 0.15) is 10.5 Å². The summed E-state index contributed by atoms with van der Waals surface area (Å²) in [6, 6.07) is 14.5. The molecule has 0 bridgehead atoms. The minimum atomic E-state index is -1.36. The van der Waals surface area contributed by atoms with Gasteiger partial charge < -0.3 is 5.11 Å². The number of rotatable bonds is 4. The van der Waals surface area contributed by atoms with Gasteiger partial charge in [-0.15, -0.1) is 0 Å². The standard InChI is InChI=1S/C22H11Cl3F2N2O2/c23-13-4-1-3-12(9-13)21-28-19(22(30)31)20(11-7-8-16(26)15(25)10-11)29(21)17-6-2-5-14(24)18(17)27/h1-10H,(H,30,31). The molecule has 0 saturated carbocycles. The third-order valence-corrected chi connectivity index (χ3v) is 5.34. The largest absolute Gasteiger partial charge is 0.476 e. The number of hydrogen-bond donors (Lipinski definition) is 1. The summed E-state index contributed by atoms with van der Waals surface area (Å²) in [5, 5.41) is 9.82. The molecule has 0 spiro atoms. The smallest absolute Gasteiger partial charge is 0.356 e. The Morgan fingerprint density at radius 2 is 1.65 bits per heavy atom. The van der Waals surface area contributed by atoms with Gasteiger partial charge in [0.15, 0.2) is 11.5 Å². The van der Waals surface area contributed by atoms with Crippen LogP contribution in [0.3, 0.4) is 0 Å². The van der Waals surface area contributed by atoms with Gasteiger partial charge >= 0.3 is 5.97 Å². The van der Waals surface area contributed by atoms with Crippen molar-refractivity contribution in [2.24, 2.45) is 0 Å². The first-order chi connectivity index (χ1) is 14.8. The summed E-state index contributed by atoms with van der Waals surface area (Å²) in [4.78, 5) is 16.3. The molecule has 31 heavy (non-hydrogen) atoms. The maximum Gasteiger partial charge on any atom is 0.356 e. The number of nitrogens with zero attached hydrogens (tertiary/aromatic N) is 2. The highest BCUT2D eigenvalue weighted by molar-refractivity contribution is 6.31. The lowest BCUT2D eigenvalue weighted by Crippen LogP contribution is -2.05. The van der Waals surface area contributed by atoms with Crippen molar-refractivity contribution < 1.29 is 18.7 Å². The highest BCUT2D eigenvalue weighted by Gasteiger charge is 2.27. The van der Waals surface area contributed by atoms with E-state index in [2.05, 4.69) is 4.98 Å². The fourth-order valence-electron chi connectivity index (χ4n) is 3.20. The minimum Gasteiger partial charge on any atom is -0.476 e. The van der Waals surface area contributed by atoms with Crippen molar-refractivity contribution in [2.75, 3.05) is 0 Å². The van der Waals surface area contributed by atoms with E-state index < -0.39 is 17.6 Å². The molecule has 0 aliphatic heterocycles. The first-order valence-electron chi connectivity index (χ1n) is 8.79. The summed E-state index contributed by atoms with van der Waals surface area (Å²) < 4.78 is 30.1. The third-order valence-electron chi connectivity index (χ3n) is 4.53. The second kappa shape index (κ2) is 8.30. The van der Waals surface area contributed by atoms with Crippen LogP contribution in [0.5, 0.6) is 0 Å². The molecule has 4 aromatic rings. The van der Waals surface area contributed by atoms with Gasteiger partial charge in [0, 0.05) is 16.1 Å². The van der Waals surface area contributed by atoms with Gasteiger partial charge in [-0.3, -0.25) is 4.57 Å². The van der Waals surface area contributed by atoms with Crippen molar-refractivity contribution in [1.29, 1.82) is 0 Å². The van der Waals surface area contributed by atoms with Crippen molar-refractivity contribution in [3.63, 3.8) is 0 Å². The van der Waals surface area contributed by atoms with Crippen molar-refractivity contribution in [3.8, 4) is 28.3 Å². The summed E-state index contributed by atoms with van der Waals surface area (Å²) in [5.41, 5.74) is 0.248. The Morgan fingerprint density at radius 3 is 2.32 bits per heavy atom. The summed E-state index contributed by atoms with van der Waals surface area (Å²) >= 11 is 18.0. The first kappa shape index (κ1) is 21.3. The molecule has 1 aromatic heterocycles. The van der Waals surface area contributed by atoms with E-state index in [-0.39, 0.29) is 38.5 Å². The molecule has 0 amide bonds. The van der Waals surface area contributed by atoms with Crippen LogP contribution in [-0.2, 0) is 0 Å². The van der Waals surface area contributed by atoms with Crippen LogP contribution in [0, 0.1) is 11.6 Å². The van der Waals surface area contributed by atoms with Crippen molar-refractivity contribution in [2.45, 2.75) is 0 Å². The number of imidazole rings is 1. The minimum absolute atomic E-state index is 0.00513. The van der Waals surface area contributed by atoms with Gasteiger partial charge in [0.25, 0.3) is 0 Å². The number of carboxylic acids is 1. The van der Waals surface area contributed by atoms with Crippen LogP contribution in [-0.4, -0.2) is 20.6 Å². The Hall–Kier alpha value is -2.93. The van der Waals surface area contributed by atoms with Gasteiger partial charge in [-0.2, -0.15) is 0 Å². The van der Waals surface area contributed by atoms with E-state index in [1.807, 2.05) is 0 Å². The Labute approximate surface area is 190 Å². The molecular weight excluding hydrogens is 469 g/mol. The molecule has 0 fully saturated rings. The van der Waals surface area contributed by atoms with Crippen molar-refractivity contribution in [1.82, 2.24) is 9.55 Å². The van der Waals surface area contributed by atoms with Gasteiger partial charge in [-0.05, 0) is 42.5 Å². The van der Waals surface area contributed by atoms with Gasteiger partial charge in [-0.1, -0.05) is 53.0 Å². The lowest BCUT2D eigenvalue weighted by Gasteiger charge is -2.15. The van der Waals surface area contributed by atoms with Crippen molar-refractivity contribution >= 4 is 40.8 Å². The van der Waals surface area contributed by atoms with Crippen LogP contribution in [0.25, 0.3) is 28.3 Å². The van der Waals surface area contributed by atoms with E-state index in [1.54, 1.807) is 24.3 Å². The van der Waals surface area contributed by atoms with E-state index in [9.17, 15) is 14.3 Å². The third kappa shape index (κ3) is 3.90. The quantitative estimate of drug-likeness (QED) is 0.338. The van der Waals surface area contributed by atoms with Gasteiger partial charge in [0.1, 0.15) is 11.6 Å². The Balaban J connectivity index is 2.15. The number of benzene rings is 3. The molecule has 0 atom stereocenters. The highest BCUT2D eigenvalue weighted by Crippen LogP contribution is 2.37. The average molecular weight is 480 g/mol. The molecule has 4 rings (SSSR count). The number of carboxylic acid groups (broad SMARTS) is 1. The molecule has 0 aliphatic carbocycles. The summed E-state index contributed by atoms with van der Waals surface area (Å²) in [6.07, 6.45) is 0. The molecule has 1 heterocycles. The SMILES string of the molecule is O=C(O)c1nc(-c2cccc(Cl)c2)n(-c2cccc(Cl)c2F)c1-c1ccc(F)c(Cl)c1. The molecule has 0 unspecified atom stereocenters. The maximum atomic E-state index is 15.1. The van der Waals surface area contributed by atoms with Crippen LogP contribution in [0.15, 0.2) is 60.7 Å². The second-order valence-electron chi connectivity index (χ2n) is 6.49. The van der Waals surface area contributed by atoms with Crippen LogP contribution >= 0.6 is 34.8 Å². The number of aromatic nitrogens is 2. The number of hydrogen-bond acceptors (Lipinski definition) is 2. The van der Waals surface area contributed by atoms with Crippen LogP contribution < -0.4 is 0 Å². The average Bonchev–Trinajstić information content (AvgIpc) is 3.13. The zero-order valence-corrected chi connectivity index (χ0v) is 17.7. The van der Waals surface area contributed by atoms with Crippen molar-refractivity contribution in [3.05, 3.63) is 93.1 Å². The molecule has 1 N–H and O–H groups in total. The predicted molar refractivity (Wildman–Crippen MR) is 116 cm³/mol. The zero-order valence-electron chi connectivity index (χ0n) is 15.4. The molecule has 4 nitrogen and oxygen atoms in total. The lowest BCUT2D eigenvalue weighted by atomic mass is 10.1. The van der Waals surface area contributed by atoms with E-state index in [1.165, 1.54) is 34.9 Å². The first-order valence-corrected chi connectivity index (χ1v) is 9.93. The van der Waals surface area contributed by atoms with Crippen LogP contribution in [0.4, 0.5) is 8.78 Å². The second-order valence-corrected chi connectivity index (χ2v) is 7.74. The van der Waals surface area contributed by atoms with E-state index in [4.69, 9.17) is 34.8 Å². The lowest BCUT2D eigenvalue weighted by molar-refractivity contribution is 0.0692. The number of aromatic carboxylic acids is 1. The molecule has 0 saturated heterocycles. The molecule has 9 heteroatoms. The number of halogens is 5. The Bertz CT molecular complexity index is 1340.